The summed E-state index contributed by atoms with van der Waals surface area (Å²) in [7, 11) is 1.26. The van der Waals surface area contributed by atoms with Crippen molar-refractivity contribution in [2.75, 3.05) is 7.11 Å². The number of ketones is 1. The molecular formula is C15H18F2O2. The van der Waals surface area contributed by atoms with Gasteiger partial charge in [-0.1, -0.05) is 25.7 Å². The van der Waals surface area contributed by atoms with E-state index >= 15 is 0 Å². The summed E-state index contributed by atoms with van der Waals surface area (Å²) in [6.07, 6.45) is 5.77. The Morgan fingerprint density at radius 1 is 1.26 bits per heavy atom. The summed E-state index contributed by atoms with van der Waals surface area (Å²) in [4.78, 5) is 11.9. The van der Waals surface area contributed by atoms with Crippen molar-refractivity contribution < 1.29 is 18.3 Å². The molecule has 0 aromatic heterocycles. The quantitative estimate of drug-likeness (QED) is 0.751. The molecule has 4 heteroatoms. The maximum absolute atomic E-state index is 13.7. The molecule has 0 bridgehead atoms. The minimum Gasteiger partial charge on any atom is -0.494 e. The second-order valence-corrected chi connectivity index (χ2v) is 5.08. The maximum atomic E-state index is 13.7. The van der Waals surface area contributed by atoms with Crippen LogP contribution in [-0.4, -0.2) is 12.9 Å². The minimum atomic E-state index is -0.713. The van der Waals surface area contributed by atoms with Gasteiger partial charge in [-0.25, -0.2) is 8.78 Å². The Bertz CT molecular complexity index is 465. The Kier molecular flexibility index (Phi) is 4.51. The molecule has 0 N–H and O–H groups in total. The van der Waals surface area contributed by atoms with Gasteiger partial charge < -0.3 is 4.74 Å². The predicted molar refractivity (Wildman–Crippen MR) is 68.4 cm³/mol. The molecule has 0 unspecified atom stereocenters. The fourth-order valence-corrected chi connectivity index (χ4v) is 2.67. The Morgan fingerprint density at radius 2 is 1.95 bits per heavy atom. The molecule has 0 amide bonds. The van der Waals surface area contributed by atoms with Crippen molar-refractivity contribution >= 4 is 5.78 Å². The molecule has 2 nitrogen and oxygen atoms in total. The molecule has 0 heterocycles. The van der Waals surface area contributed by atoms with E-state index in [-0.39, 0.29) is 23.5 Å². The van der Waals surface area contributed by atoms with Crippen molar-refractivity contribution in [1.29, 1.82) is 0 Å². The van der Waals surface area contributed by atoms with Crippen molar-refractivity contribution in [3.63, 3.8) is 0 Å². The summed E-state index contributed by atoms with van der Waals surface area (Å²) in [5.41, 5.74) is -0.170. The lowest BCUT2D eigenvalue weighted by Crippen LogP contribution is -2.06. The number of rotatable bonds is 5. The molecule has 0 atom stereocenters. The summed E-state index contributed by atoms with van der Waals surface area (Å²) in [5, 5.41) is 0. The van der Waals surface area contributed by atoms with Gasteiger partial charge >= 0.3 is 0 Å². The van der Waals surface area contributed by atoms with E-state index in [1.54, 1.807) is 0 Å². The standard InChI is InChI=1S/C15H18F2O2/c1-19-15-9-12(16)11(8-13(15)17)14(18)7-6-10-4-2-3-5-10/h8-10H,2-7H2,1H3. The van der Waals surface area contributed by atoms with Crippen molar-refractivity contribution in [2.24, 2.45) is 5.92 Å². The Labute approximate surface area is 111 Å². The number of methoxy groups -OCH3 is 1. The van der Waals surface area contributed by atoms with E-state index < -0.39 is 11.6 Å². The summed E-state index contributed by atoms with van der Waals surface area (Å²) >= 11 is 0. The van der Waals surface area contributed by atoms with Crippen LogP contribution in [0.3, 0.4) is 0 Å². The molecule has 0 aliphatic heterocycles. The fourth-order valence-electron chi connectivity index (χ4n) is 2.67. The molecule has 0 spiro atoms. The molecule has 1 aromatic rings. The van der Waals surface area contributed by atoms with Gasteiger partial charge in [-0.05, 0) is 18.4 Å². The van der Waals surface area contributed by atoms with Crippen LogP contribution in [0.4, 0.5) is 8.78 Å². The molecule has 1 saturated carbocycles. The number of hydrogen-bond acceptors (Lipinski definition) is 2. The monoisotopic (exact) mass is 268 g/mol. The molecule has 1 aliphatic carbocycles. The van der Waals surface area contributed by atoms with Gasteiger partial charge in [-0.15, -0.1) is 0 Å². The average Bonchev–Trinajstić information content (AvgIpc) is 2.91. The lowest BCUT2D eigenvalue weighted by Gasteiger charge is -2.09. The van der Waals surface area contributed by atoms with Gasteiger partial charge in [-0.2, -0.15) is 0 Å². The molecule has 1 aromatic carbocycles. The zero-order valence-corrected chi connectivity index (χ0v) is 11.0. The van der Waals surface area contributed by atoms with Crippen LogP contribution in [-0.2, 0) is 0 Å². The van der Waals surface area contributed by atoms with Crippen molar-refractivity contribution in [3.8, 4) is 5.75 Å². The molecule has 2 rings (SSSR count). The molecule has 0 radical (unpaired) electrons. The van der Waals surface area contributed by atoms with Gasteiger partial charge in [-0.3, -0.25) is 4.79 Å². The SMILES string of the molecule is COc1cc(F)c(C(=O)CCC2CCCC2)cc1F. The van der Waals surface area contributed by atoms with Crippen LogP contribution in [0.2, 0.25) is 0 Å². The molecular weight excluding hydrogens is 250 g/mol. The van der Waals surface area contributed by atoms with E-state index in [9.17, 15) is 13.6 Å². The minimum absolute atomic E-state index is 0.170. The van der Waals surface area contributed by atoms with E-state index in [0.717, 1.165) is 31.4 Å². The number of benzene rings is 1. The fraction of sp³-hybridized carbons (Fsp3) is 0.533. The van der Waals surface area contributed by atoms with Crippen molar-refractivity contribution in [3.05, 3.63) is 29.3 Å². The van der Waals surface area contributed by atoms with Crippen molar-refractivity contribution in [2.45, 2.75) is 38.5 Å². The zero-order valence-electron chi connectivity index (χ0n) is 11.0. The molecule has 104 valence electrons. The van der Waals surface area contributed by atoms with Gasteiger partial charge in [0.25, 0.3) is 0 Å². The Balaban J connectivity index is 2.03. The van der Waals surface area contributed by atoms with Gasteiger partial charge in [0.2, 0.25) is 0 Å². The second-order valence-electron chi connectivity index (χ2n) is 5.08. The van der Waals surface area contributed by atoms with Crippen LogP contribution >= 0.6 is 0 Å². The summed E-state index contributed by atoms with van der Waals surface area (Å²) in [6, 6.07) is 1.86. The van der Waals surface area contributed by atoms with E-state index in [4.69, 9.17) is 0 Å². The van der Waals surface area contributed by atoms with E-state index in [1.807, 2.05) is 0 Å². The third-order valence-corrected chi connectivity index (χ3v) is 3.80. The highest BCUT2D eigenvalue weighted by atomic mass is 19.1. The van der Waals surface area contributed by atoms with Gasteiger partial charge in [0.15, 0.2) is 17.3 Å². The zero-order chi connectivity index (χ0) is 13.8. The first-order chi connectivity index (χ1) is 9.11. The van der Waals surface area contributed by atoms with Crippen LogP contribution in [0.25, 0.3) is 0 Å². The van der Waals surface area contributed by atoms with Gasteiger partial charge in [0.1, 0.15) is 5.82 Å². The van der Waals surface area contributed by atoms with E-state index in [0.29, 0.717) is 5.92 Å². The van der Waals surface area contributed by atoms with Gasteiger partial charge in [0, 0.05) is 12.5 Å². The number of carbonyl (C=O) groups excluding carboxylic acids is 1. The first kappa shape index (κ1) is 14.0. The highest BCUT2D eigenvalue weighted by Crippen LogP contribution is 2.29. The topological polar surface area (TPSA) is 26.3 Å². The van der Waals surface area contributed by atoms with Crippen LogP contribution in [0.15, 0.2) is 12.1 Å². The number of Topliss-reactive ketones (excluding diaryl/α,β-unsaturated/α-hetero) is 1. The second kappa shape index (κ2) is 6.13. The third-order valence-electron chi connectivity index (χ3n) is 3.80. The number of carbonyl (C=O) groups is 1. The first-order valence-electron chi connectivity index (χ1n) is 6.68. The van der Waals surface area contributed by atoms with Crippen LogP contribution in [0.1, 0.15) is 48.9 Å². The smallest absolute Gasteiger partial charge is 0.165 e. The Morgan fingerprint density at radius 3 is 2.58 bits per heavy atom. The summed E-state index contributed by atoms with van der Waals surface area (Å²) in [6.45, 7) is 0. The van der Waals surface area contributed by atoms with Crippen LogP contribution in [0, 0.1) is 17.6 Å². The highest BCUT2D eigenvalue weighted by Gasteiger charge is 2.20. The molecule has 1 aliphatic rings. The lowest BCUT2D eigenvalue weighted by atomic mass is 9.97. The molecule has 19 heavy (non-hydrogen) atoms. The highest BCUT2D eigenvalue weighted by molar-refractivity contribution is 5.96. The van der Waals surface area contributed by atoms with E-state index in [1.165, 1.54) is 20.0 Å². The number of halogens is 2. The summed E-state index contributed by atoms with van der Waals surface area (Å²) in [5.74, 6) is -1.35. The average molecular weight is 268 g/mol. The number of ether oxygens (including phenoxy) is 1. The lowest BCUT2D eigenvalue weighted by molar-refractivity contribution is 0.0969. The number of hydrogen-bond donors (Lipinski definition) is 0. The summed E-state index contributed by atoms with van der Waals surface area (Å²) < 4.78 is 31.9. The van der Waals surface area contributed by atoms with Crippen LogP contribution < -0.4 is 4.74 Å². The van der Waals surface area contributed by atoms with Gasteiger partial charge in [0.05, 0.1) is 12.7 Å². The first-order valence-corrected chi connectivity index (χ1v) is 6.68. The van der Waals surface area contributed by atoms with Crippen LogP contribution in [0.5, 0.6) is 5.75 Å². The molecule has 1 fully saturated rings. The largest absolute Gasteiger partial charge is 0.494 e. The van der Waals surface area contributed by atoms with E-state index in [2.05, 4.69) is 4.74 Å². The maximum Gasteiger partial charge on any atom is 0.165 e. The van der Waals surface area contributed by atoms with Crippen molar-refractivity contribution in [1.82, 2.24) is 0 Å². The predicted octanol–water partition coefficient (Wildman–Crippen LogP) is 4.13. The Hall–Kier alpha value is -1.45. The molecule has 0 saturated heterocycles. The normalized spacial score (nSPS) is 15.7. The third kappa shape index (κ3) is 3.31.